The molecule has 0 aromatic carbocycles. The lowest BCUT2D eigenvalue weighted by molar-refractivity contribution is -0.142. The molecule has 0 spiro atoms. The standard InChI is InChI=1S/C17H32O2/c1-7-13(3)9-10-14(4)15(5)11-12-16(6)19-17(18)8-2/h8,13-16H,2,7,9-12H2,1,3-6H3. The van der Waals surface area contributed by atoms with Gasteiger partial charge >= 0.3 is 5.97 Å². The van der Waals surface area contributed by atoms with Gasteiger partial charge in [0.25, 0.3) is 0 Å². The molecule has 0 N–H and O–H groups in total. The average molecular weight is 268 g/mol. The summed E-state index contributed by atoms with van der Waals surface area (Å²) in [5.41, 5.74) is 0. The Morgan fingerprint density at radius 2 is 1.58 bits per heavy atom. The van der Waals surface area contributed by atoms with Crippen LogP contribution in [0.4, 0.5) is 0 Å². The highest BCUT2D eigenvalue weighted by atomic mass is 16.5. The molecule has 4 atom stereocenters. The van der Waals surface area contributed by atoms with Crippen molar-refractivity contribution in [2.24, 2.45) is 17.8 Å². The first-order chi connectivity index (χ1) is 8.90. The van der Waals surface area contributed by atoms with E-state index in [1.165, 1.54) is 25.3 Å². The molecule has 2 nitrogen and oxygen atoms in total. The molecule has 0 amide bonds. The molecule has 0 radical (unpaired) electrons. The summed E-state index contributed by atoms with van der Waals surface area (Å²) >= 11 is 0. The molecule has 0 rings (SSSR count). The van der Waals surface area contributed by atoms with E-state index in [4.69, 9.17) is 4.74 Å². The molecule has 0 heterocycles. The minimum atomic E-state index is -0.315. The molecule has 0 saturated heterocycles. The lowest BCUT2D eigenvalue weighted by atomic mass is 9.85. The molecule has 0 bridgehead atoms. The number of hydrogen-bond donors (Lipinski definition) is 0. The molecule has 0 aromatic rings. The molecule has 2 heteroatoms. The third-order valence-corrected chi connectivity index (χ3v) is 4.30. The maximum atomic E-state index is 11.1. The molecule has 4 unspecified atom stereocenters. The Hall–Kier alpha value is -0.790. The topological polar surface area (TPSA) is 26.3 Å². The average Bonchev–Trinajstić information content (AvgIpc) is 2.41. The first kappa shape index (κ1) is 18.2. The zero-order valence-electron chi connectivity index (χ0n) is 13.4. The van der Waals surface area contributed by atoms with Crippen LogP contribution in [0.5, 0.6) is 0 Å². The van der Waals surface area contributed by atoms with Crippen LogP contribution in [0, 0.1) is 17.8 Å². The van der Waals surface area contributed by atoms with Crippen molar-refractivity contribution in [1.82, 2.24) is 0 Å². The Bertz CT molecular complexity index is 260. The van der Waals surface area contributed by atoms with Crippen molar-refractivity contribution in [3.05, 3.63) is 12.7 Å². The van der Waals surface area contributed by atoms with E-state index in [9.17, 15) is 4.79 Å². The second-order valence-electron chi connectivity index (χ2n) is 6.07. The maximum absolute atomic E-state index is 11.1. The van der Waals surface area contributed by atoms with Crippen LogP contribution in [-0.2, 0) is 9.53 Å². The molecular formula is C17H32O2. The molecule has 0 aromatic heterocycles. The minimum Gasteiger partial charge on any atom is -0.460 e. The molecule has 0 saturated carbocycles. The van der Waals surface area contributed by atoms with Crippen LogP contribution in [0.3, 0.4) is 0 Å². The van der Waals surface area contributed by atoms with E-state index in [1.807, 2.05) is 6.92 Å². The zero-order valence-corrected chi connectivity index (χ0v) is 13.4. The summed E-state index contributed by atoms with van der Waals surface area (Å²) in [5, 5.41) is 0. The summed E-state index contributed by atoms with van der Waals surface area (Å²) in [6, 6.07) is 0. The Balaban J connectivity index is 3.86. The fourth-order valence-corrected chi connectivity index (χ4v) is 2.12. The first-order valence-corrected chi connectivity index (χ1v) is 7.73. The molecular weight excluding hydrogens is 236 g/mol. The normalized spacial score (nSPS) is 17.3. The number of rotatable bonds is 10. The van der Waals surface area contributed by atoms with E-state index >= 15 is 0 Å². The molecule has 0 aliphatic heterocycles. The molecule has 112 valence electrons. The number of carbonyl (C=O) groups excluding carboxylic acids is 1. The van der Waals surface area contributed by atoms with Gasteiger partial charge < -0.3 is 4.74 Å². The van der Waals surface area contributed by atoms with E-state index in [0.29, 0.717) is 5.92 Å². The Morgan fingerprint density at radius 1 is 1.05 bits per heavy atom. The van der Waals surface area contributed by atoms with Gasteiger partial charge in [0.1, 0.15) is 0 Å². The molecule has 19 heavy (non-hydrogen) atoms. The van der Waals surface area contributed by atoms with Crippen molar-refractivity contribution >= 4 is 5.97 Å². The van der Waals surface area contributed by atoms with Crippen molar-refractivity contribution < 1.29 is 9.53 Å². The predicted molar refractivity (Wildman–Crippen MR) is 82.0 cm³/mol. The number of esters is 1. The number of ether oxygens (including phenoxy) is 1. The molecule has 0 aliphatic carbocycles. The van der Waals surface area contributed by atoms with Crippen LogP contribution in [0.2, 0.25) is 0 Å². The Kier molecular flexibility index (Phi) is 9.63. The number of hydrogen-bond acceptors (Lipinski definition) is 2. The van der Waals surface area contributed by atoms with Gasteiger partial charge in [0.2, 0.25) is 0 Å². The smallest absolute Gasteiger partial charge is 0.330 e. The van der Waals surface area contributed by atoms with Crippen LogP contribution >= 0.6 is 0 Å². The van der Waals surface area contributed by atoms with Crippen LogP contribution in [0.1, 0.15) is 66.7 Å². The maximum Gasteiger partial charge on any atom is 0.330 e. The van der Waals surface area contributed by atoms with Crippen molar-refractivity contribution in [3.8, 4) is 0 Å². The fourth-order valence-electron chi connectivity index (χ4n) is 2.12. The molecule has 0 aliphatic rings. The second kappa shape index (κ2) is 10.1. The Morgan fingerprint density at radius 3 is 2.05 bits per heavy atom. The number of carbonyl (C=O) groups is 1. The van der Waals surface area contributed by atoms with Gasteiger partial charge in [-0.1, -0.05) is 53.5 Å². The van der Waals surface area contributed by atoms with Crippen LogP contribution in [0.15, 0.2) is 12.7 Å². The van der Waals surface area contributed by atoms with Gasteiger partial charge in [0, 0.05) is 6.08 Å². The van der Waals surface area contributed by atoms with Gasteiger partial charge in [-0.3, -0.25) is 0 Å². The van der Waals surface area contributed by atoms with E-state index in [0.717, 1.165) is 24.7 Å². The third-order valence-electron chi connectivity index (χ3n) is 4.30. The highest BCUT2D eigenvalue weighted by molar-refractivity contribution is 5.81. The lowest BCUT2D eigenvalue weighted by Gasteiger charge is -2.22. The summed E-state index contributed by atoms with van der Waals surface area (Å²) in [6.45, 7) is 14.6. The second-order valence-corrected chi connectivity index (χ2v) is 6.07. The van der Waals surface area contributed by atoms with Crippen LogP contribution in [-0.4, -0.2) is 12.1 Å². The predicted octanol–water partition coefficient (Wildman–Crippen LogP) is 4.98. The lowest BCUT2D eigenvalue weighted by Crippen LogP contribution is -2.16. The fraction of sp³-hybridized carbons (Fsp3) is 0.824. The van der Waals surface area contributed by atoms with Crippen molar-refractivity contribution in [3.63, 3.8) is 0 Å². The van der Waals surface area contributed by atoms with Crippen LogP contribution < -0.4 is 0 Å². The quantitative estimate of drug-likeness (QED) is 0.412. The third kappa shape index (κ3) is 8.85. The highest BCUT2D eigenvalue weighted by Crippen LogP contribution is 2.25. The van der Waals surface area contributed by atoms with Gasteiger partial charge in [-0.2, -0.15) is 0 Å². The van der Waals surface area contributed by atoms with Gasteiger partial charge in [-0.05, 0) is 37.5 Å². The van der Waals surface area contributed by atoms with E-state index in [-0.39, 0.29) is 12.1 Å². The molecule has 0 fully saturated rings. The van der Waals surface area contributed by atoms with E-state index in [2.05, 4.69) is 34.3 Å². The zero-order chi connectivity index (χ0) is 14.8. The monoisotopic (exact) mass is 268 g/mol. The summed E-state index contributed by atoms with van der Waals surface area (Å²) < 4.78 is 5.19. The van der Waals surface area contributed by atoms with E-state index in [1.54, 1.807) is 0 Å². The Labute approximate surface area is 119 Å². The van der Waals surface area contributed by atoms with Gasteiger partial charge in [0.05, 0.1) is 6.10 Å². The summed E-state index contributed by atoms with van der Waals surface area (Å²) in [6.07, 6.45) is 7.18. The SMILES string of the molecule is C=CC(=O)OC(C)CCC(C)C(C)CCC(C)CC. The first-order valence-electron chi connectivity index (χ1n) is 7.73. The van der Waals surface area contributed by atoms with Crippen molar-refractivity contribution in [2.45, 2.75) is 72.8 Å². The summed E-state index contributed by atoms with van der Waals surface area (Å²) in [5.74, 6) is 1.96. The van der Waals surface area contributed by atoms with Gasteiger partial charge in [-0.15, -0.1) is 0 Å². The van der Waals surface area contributed by atoms with E-state index < -0.39 is 0 Å². The van der Waals surface area contributed by atoms with Crippen LogP contribution in [0.25, 0.3) is 0 Å². The summed E-state index contributed by atoms with van der Waals surface area (Å²) in [7, 11) is 0. The largest absolute Gasteiger partial charge is 0.460 e. The highest BCUT2D eigenvalue weighted by Gasteiger charge is 2.15. The minimum absolute atomic E-state index is 0.00489. The van der Waals surface area contributed by atoms with Gasteiger partial charge in [0.15, 0.2) is 0 Å². The van der Waals surface area contributed by atoms with Crippen molar-refractivity contribution in [2.75, 3.05) is 0 Å². The van der Waals surface area contributed by atoms with Crippen molar-refractivity contribution in [1.29, 1.82) is 0 Å². The van der Waals surface area contributed by atoms with Gasteiger partial charge in [-0.25, -0.2) is 4.79 Å². The summed E-state index contributed by atoms with van der Waals surface area (Å²) in [4.78, 5) is 11.1.